The molecule has 1 saturated carbocycles. The van der Waals surface area contributed by atoms with Gasteiger partial charge in [0.05, 0.1) is 24.2 Å². The first-order valence-electron chi connectivity index (χ1n) is 8.82. The lowest BCUT2D eigenvalue weighted by molar-refractivity contribution is 0.0105. The minimum Gasteiger partial charge on any atom is -0.390 e. The Hall–Kier alpha value is -2.24. The van der Waals surface area contributed by atoms with Crippen LogP contribution >= 0.6 is 0 Å². The summed E-state index contributed by atoms with van der Waals surface area (Å²) in [5.74, 6) is -0.113. The molecule has 4 atom stereocenters. The zero-order chi connectivity index (χ0) is 17.4. The number of rotatable bonds is 4. The second-order valence-corrected chi connectivity index (χ2v) is 7.03. The van der Waals surface area contributed by atoms with Crippen molar-refractivity contribution in [1.29, 1.82) is 0 Å². The van der Waals surface area contributed by atoms with Crippen molar-refractivity contribution in [1.82, 2.24) is 9.97 Å². The first-order chi connectivity index (χ1) is 12.1. The molecule has 3 N–H and O–H groups in total. The number of aromatic nitrogens is 2. The van der Waals surface area contributed by atoms with Crippen LogP contribution in [0.25, 0.3) is 5.57 Å². The summed E-state index contributed by atoms with van der Waals surface area (Å²) in [6.07, 6.45) is 4.83. The zero-order valence-electron chi connectivity index (χ0n) is 13.9. The number of fused-ring (bicyclic) bond motifs is 1. The third-order valence-corrected chi connectivity index (χ3v) is 5.60. The van der Waals surface area contributed by atoms with Crippen molar-refractivity contribution in [3.05, 3.63) is 69.9 Å². The number of aliphatic hydroxyl groups is 2. The highest BCUT2D eigenvalue weighted by molar-refractivity contribution is 5.72. The van der Waals surface area contributed by atoms with Gasteiger partial charge in [-0.1, -0.05) is 36.4 Å². The van der Waals surface area contributed by atoms with Gasteiger partial charge in [0.2, 0.25) is 0 Å². The van der Waals surface area contributed by atoms with E-state index in [2.05, 4.69) is 22.1 Å². The van der Waals surface area contributed by atoms with Crippen molar-refractivity contribution in [2.45, 2.75) is 37.9 Å². The maximum atomic E-state index is 11.9. The Kier molecular flexibility index (Phi) is 4.27. The van der Waals surface area contributed by atoms with Gasteiger partial charge in [-0.15, -0.1) is 0 Å². The van der Waals surface area contributed by atoms with Crippen LogP contribution in [-0.2, 0) is 12.8 Å². The van der Waals surface area contributed by atoms with Crippen molar-refractivity contribution in [2.24, 2.45) is 11.8 Å². The fourth-order valence-electron chi connectivity index (χ4n) is 4.22. The summed E-state index contributed by atoms with van der Waals surface area (Å²) in [6, 6.07) is 10.2. The van der Waals surface area contributed by atoms with Crippen LogP contribution in [0.15, 0.2) is 47.5 Å². The number of nitrogens with zero attached hydrogens (tertiary/aromatic N) is 1. The number of aromatic amines is 1. The maximum absolute atomic E-state index is 11.9. The Morgan fingerprint density at radius 1 is 1.16 bits per heavy atom. The Bertz CT molecular complexity index is 844. The van der Waals surface area contributed by atoms with Crippen LogP contribution < -0.4 is 5.56 Å². The minimum absolute atomic E-state index is 0.0483. The van der Waals surface area contributed by atoms with Crippen LogP contribution in [0.1, 0.15) is 29.7 Å². The Morgan fingerprint density at radius 2 is 1.96 bits per heavy atom. The summed E-state index contributed by atoms with van der Waals surface area (Å²) in [4.78, 5) is 18.8. The maximum Gasteiger partial charge on any atom is 0.254 e. The van der Waals surface area contributed by atoms with E-state index in [9.17, 15) is 15.0 Å². The SMILES string of the molecule is O=c1[nH]cnc2c1CC=C2C1CC(CCc2ccccc2)C(O)C1O. The molecule has 4 rings (SSSR count). The molecule has 2 aromatic rings. The Morgan fingerprint density at radius 3 is 2.76 bits per heavy atom. The Balaban J connectivity index is 1.50. The molecule has 0 saturated heterocycles. The number of allylic oxidation sites excluding steroid dienone is 1. The summed E-state index contributed by atoms with van der Waals surface area (Å²) in [6.45, 7) is 0. The molecular formula is C20H22N2O3. The third-order valence-electron chi connectivity index (χ3n) is 5.60. The van der Waals surface area contributed by atoms with E-state index < -0.39 is 12.2 Å². The van der Waals surface area contributed by atoms with Gasteiger partial charge in [-0.05, 0) is 42.7 Å². The molecular weight excluding hydrogens is 316 g/mol. The molecule has 5 heteroatoms. The number of hydrogen-bond acceptors (Lipinski definition) is 4. The average Bonchev–Trinajstić information content (AvgIpc) is 3.18. The predicted molar refractivity (Wildman–Crippen MR) is 94.9 cm³/mol. The van der Waals surface area contributed by atoms with Crippen LogP contribution in [0.3, 0.4) is 0 Å². The van der Waals surface area contributed by atoms with Gasteiger partial charge in [0.25, 0.3) is 5.56 Å². The van der Waals surface area contributed by atoms with Crippen molar-refractivity contribution in [3.8, 4) is 0 Å². The summed E-state index contributed by atoms with van der Waals surface area (Å²) in [5, 5.41) is 21.1. The van der Waals surface area contributed by atoms with E-state index in [1.165, 1.54) is 11.9 Å². The fourth-order valence-corrected chi connectivity index (χ4v) is 4.22. The van der Waals surface area contributed by atoms with Crippen LogP contribution in [0, 0.1) is 11.8 Å². The molecule has 2 aliphatic rings. The number of aliphatic hydroxyl groups excluding tert-OH is 2. The van der Waals surface area contributed by atoms with Crippen LogP contribution in [-0.4, -0.2) is 32.4 Å². The highest BCUT2D eigenvalue weighted by Gasteiger charge is 2.44. The number of hydrogen-bond donors (Lipinski definition) is 3. The molecule has 130 valence electrons. The van der Waals surface area contributed by atoms with Crippen molar-refractivity contribution < 1.29 is 10.2 Å². The molecule has 1 aromatic carbocycles. The van der Waals surface area contributed by atoms with E-state index in [4.69, 9.17) is 0 Å². The molecule has 25 heavy (non-hydrogen) atoms. The molecule has 2 aliphatic carbocycles. The first kappa shape index (κ1) is 16.2. The molecule has 0 radical (unpaired) electrons. The van der Waals surface area contributed by atoms with Crippen molar-refractivity contribution >= 4 is 5.57 Å². The summed E-state index contributed by atoms with van der Waals surface area (Å²) in [7, 11) is 0. The van der Waals surface area contributed by atoms with Gasteiger partial charge < -0.3 is 15.2 Å². The van der Waals surface area contributed by atoms with Gasteiger partial charge in [-0.25, -0.2) is 4.98 Å². The normalized spacial score (nSPS) is 28.0. The van der Waals surface area contributed by atoms with Crippen LogP contribution in [0.4, 0.5) is 0 Å². The molecule has 0 amide bonds. The van der Waals surface area contributed by atoms with E-state index in [0.717, 1.165) is 24.8 Å². The lowest BCUT2D eigenvalue weighted by Crippen LogP contribution is -2.29. The van der Waals surface area contributed by atoms with Gasteiger partial charge in [0.1, 0.15) is 0 Å². The average molecular weight is 338 g/mol. The van der Waals surface area contributed by atoms with E-state index in [-0.39, 0.29) is 17.4 Å². The van der Waals surface area contributed by atoms with E-state index >= 15 is 0 Å². The standard InChI is InChI=1S/C20H22N2O3/c23-18-13(7-6-12-4-2-1-3-5-12)10-16(19(18)24)14-8-9-15-17(14)21-11-22-20(15)25/h1-5,8,11,13,16,18-19,23-24H,6-7,9-10H2,(H,21,22,25). The molecule has 1 aromatic heterocycles. The monoisotopic (exact) mass is 338 g/mol. The topological polar surface area (TPSA) is 86.2 Å². The predicted octanol–water partition coefficient (Wildman–Crippen LogP) is 1.70. The lowest BCUT2D eigenvalue weighted by atomic mass is 9.92. The summed E-state index contributed by atoms with van der Waals surface area (Å²) >= 11 is 0. The second kappa shape index (κ2) is 6.58. The first-order valence-corrected chi connectivity index (χ1v) is 8.82. The molecule has 5 nitrogen and oxygen atoms in total. The number of aryl methyl sites for hydroxylation is 1. The summed E-state index contributed by atoms with van der Waals surface area (Å²) in [5.41, 5.74) is 3.38. The lowest BCUT2D eigenvalue weighted by Gasteiger charge is -2.18. The van der Waals surface area contributed by atoms with Gasteiger partial charge in [-0.3, -0.25) is 4.79 Å². The van der Waals surface area contributed by atoms with Crippen LogP contribution in [0.5, 0.6) is 0 Å². The molecule has 0 aliphatic heterocycles. The van der Waals surface area contributed by atoms with Crippen molar-refractivity contribution in [3.63, 3.8) is 0 Å². The Labute approximate surface area is 146 Å². The minimum atomic E-state index is -0.806. The van der Waals surface area contributed by atoms with Gasteiger partial charge >= 0.3 is 0 Å². The molecule has 0 spiro atoms. The van der Waals surface area contributed by atoms with Gasteiger partial charge in [-0.2, -0.15) is 0 Å². The largest absolute Gasteiger partial charge is 0.390 e. The second-order valence-electron chi connectivity index (χ2n) is 7.03. The smallest absolute Gasteiger partial charge is 0.254 e. The zero-order valence-corrected chi connectivity index (χ0v) is 13.9. The summed E-state index contributed by atoms with van der Waals surface area (Å²) < 4.78 is 0. The number of benzene rings is 1. The third kappa shape index (κ3) is 2.94. The van der Waals surface area contributed by atoms with Gasteiger partial charge in [0.15, 0.2) is 0 Å². The van der Waals surface area contributed by atoms with Crippen molar-refractivity contribution in [2.75, 3.05) is 0 Å². The van der Waals surface area contributed by atoms with E-state index in [0.29, 0.717) is 17.7 Å². The molecule has 1 heterocycles. The van der Waals surface area contributed by atoms with E-state index in [1.54, 1.807) is 0 Å². The highest BCUT2D eigenvalue weighted by Crippen LogP contribution is 2.43. The molecule has 4 unspecified atom stereocenters. The quantitative estimate of drug-likeness (QED) is 0.792. The molecule has 1 fully saturated rings. The highest BCUT2D eigenvalue weighted by atomic mass is 16.3. The van der Waals surface area contributed by atoms with Crippen LogP contribution in [0.2, 0.25) is 0 Å². The number of H-pyrrole nitrogens is 1. The van der Waals surface area contributed by atoms with Gasteiger partial charge in [0, 0.05) is 11.5 Å². The fraction of sp³-hybridized carbons (Fsp3) is 0.400. The number of nitrogens with one attached hydrogen (secondary N) is 1. The van der Waals surface area contributed by atoms with E-state index in [1.807, 2.05) is 24.3 Å². The molecule has 0 bridgehead atoms.